The van der Waals surface area contributed by atoms with Crippen molar-refractivity contribution in [1.29, 1.82) is 0 Å². The third kappa shape index (κ3) is 5.58. The van der Waals surface area contributed by atoms with Crippen molar-refractivity contribution in [3.05, 3.63) is 0 Å². The number of hydrogen-bond donors (Lipinski definition) is 2. The minimum absolute atomic E-state index is 0.0667. The molecule has 0 bridgehead atoms. The van der Waals surface area contributed by atoms with E-state index in [0.29, 0.717) is 6.54 Å². The Morgan fingerprint density at radius 3 is 2.12 bits per heavy atom. The summed E-state index contributed by atoms with van der Waals surface area (Å²) in [5.41, 5.74) is -0.141. The van der Waals surface area contributed by atoms with Crippen molar-refractivity contribution in [3.8, 4) is 0 Å². The number of urea groups is 1. The van der Waals surface area contributed by atoms with Crippen LogP contribution in [0.25, 0.3) is 0 Å². The van der Waals surface area contributed by atoms with Crippen molar-refractivity contribution in [2.45, 2.75) is 27.2 Å². The van der Waals surface area contributed by atoms with Crippen LogP contribution >= 0.6 is 0 Å². The molecule has 0 aliphatic rings. The average molecular weight is 230 g/mol. The Balaban J connectivity index is 4.34. The third-order valence-electron chi connectivity index (χ3n) is 2.55. The lowest BCUT2D eigenvalue weighted by Crippen LogP contribution is -2.41. The minimum Gasteiger partial charge on any atom is -0.481 e. The molecule has 0 aromatic carbocycles. The number of carbonyl (C=O) groups is 2. The van der Waals surface area contributed by atoms with Gasteiger partial charge in [-0.2, -0.15) is 0 Å². The van der Waals surface area contributed by atoms with Crippen LogP contribution in [-0.2, 0) is 4.79 Å². The Bertz CT molecular complexity index is 256. The molecule has 2 N–H and O–H groups in total. The summed E-state index contributed by atoms with van der Waals surface area (Å²) in [4.78, 5) is 23.5. The van der Waals surface area contributed by atoms with E-state index < -0.39 is 5.97 Å². The van der Waals surface area contributed by atoms with E-state index in [-0.39, 0.29) is 23.8 Å². The molecule has 0 radical (unpaired) electrons. The first-order valence-electron chi connectivity index (χ1n) is 5.31. The summed E-state index contributed by atoms with van der Waals surface area (Å²) < 4.78 is 0. The maximum Gasteiger partial charge on any atom is 0.316 e. The molecule has 0 fully saturated rings. The van der Waals surface area contributed by atoms with Crippen LogP contribution < -0.4 is 5.32 Å². The van der Waals surface area contributed by atoms with Gasteiger partial charge in [0.05, 0.1) is 6.42 Å². The van der Waals surface area contributed by atoms with Crippen molar-refractivity contribution in [1.82, 2.24) is 10.2 Å². The van der Waals surface area contributed by atoms with E-state index >= 15 is 0 Å². The van der Waals surface area contributed by atoms with E-state index in [1.54, 1.807) is 14.1 Å². The van der Waals surface area contributed by atoms with Crippen molar-refractivity contribution in [2.75, 3.05) is 20.6 Å². The molecule has 2 amide bonds. The van der Waals surface area contributed by atoms with Crippen LogP contribution in [0.15, 0.2) is 0 Å². The molecule has 1 unspecified atom stereocenters. The van der Waals surface area contributed by atoms with Gasteiger partial charge in [0.2, 0.25) is 0 Å². The second-order valence-corrected chi connectivity index (χ2v) is 5.24. The molecule has 0 rings (SSSR count). The van der Waals surface area contributed by atoms with Crippen LogP contribution in [0, 0.1) is 11.3 Å². The zero-order valence-electron chi connectivity index (χ0n) is 10.7. The molecule has 0 aromatic rings. The normalized spacial score (nSPS) is 13.1. The fraction of sp³-hybridized carbons (Fsp3) is 0.818. The smallest absolute Gasteiger partial charge is 0.316 e. The highest BCUT2D eigenvalue weighted by molar-refractivity contribution is 5.73. The fourth-order valence-electron chi connectivity index (χ4n) is 1.26. The number of carbonyl (C=O) groups excluding carboxylic acids is 1. The van der Waals surface area contributed by atoms with Gasteiger partial charge < -0.3 is 15.3 Å². The molecule has 5 nitrogen and oxygen atoms in total. The van der Waals surface area contributed by atoms with Crippen LogP contribution in [0.4, 0.5) is 4.79 Å². The summed E-state index contributed by atoms with van der Waals surface area (Å²) in [5, 5.41) is 11.5. The number of aliphatic carboxylic acids is 1. The van der Waals surface area contributed by atoms with Gasteiger partial charge in [0.25, 0.3) is 0 Å². The Morgan fingerprint density at radius 1 is 1.31 bits per heavy atom. The molecular weight excluding hydrogens is 208 g/mol. The van der Waals surface area contributed by atoms with Gasteiger partial charge >= 0.3 is 12.0 Å². The third-order valence-corrected chi connectivity index (χ3v) is 2.55. The molecule has 0 spiro atoms. The SMILES string of the molecule is CN(C)C(=O)NCC(CC(=O)O)C(C)(C)C. The molecule has 0 aromatic heterocycles. The van der Waals surface area contributed by atoms with Gasteiger partial charge in [-0.3, -0.25) is 4.79 Å². The predicted molar refractivity (Wildman–Crippen MR) is 62.3 cm³/mol. The Kier molecular flexibility index (Phi) is 5.27. The highest BCUT2D eigenvalue weighted by Gasteiger charge is 2.27. The number of rotatable bonds is 4. The van der Waals surface area contributed by atoms with Crippen LogP contribution in [0.5, 0.6) is 0 Å². The van der Waals surface area contributed by atoms with E-state index in [9.17, 15) is 9.59 Å². The molecule has 5 heteroatoms. The summed E-state index contributed by atoms with van der Waals surface area (Å²) in [7, 11) is 3.30. The fourth-order valence-corrected chi connectivity index (χ4v) is 1.26. The first-order chi connectivity index (χ1) is 7.14. The van der Waals surface area contributed by atoms with Gasteiger partial charge in [0, 0.05) is 20.6 Å². The van der Waals surface area contributed by atoms with Crippen LogP contribution in [0.1, 0.15) is 27.2 Å². The second-order valence-electron chi connectivity index (χ2n) is 5.24. The van der Waals surface area contributed by atoms with Crippen molar-refractivity contribution < 1.29 is 14.7 Å². The van der Waals surface area contributed by atoms with Crippen molar-refractivity contribution in [2.24, 2.45) is 11.3 Å². The summed E-state index contributed by atoms with van der Waals surface area (Å²) in [5.74, 6) is -0.909. The molecule has 0 heterocycles. The number of hydrogen-bond acceptors (Lipinski definition) is 2. The molecular formula is C11H22N2O3. The maximum atomic E-state index is 11.3. The monoisotopic (exact) mass is 230 g/mol. The molecule has 0 aliphatic heterocycles. The van der Waals surface area contributed by atoms with E-state index in [1.165, 1.54) is 4.90 Å². The summed E-state index contributed by atoms with van der Waals surface area (Å²) in [6.45, 7) is 6.31. The van der Waals surface area contributed by atoms with Gasteiger partial charge in [-0.1, -0.05) is 20.8 Å². The van der Waals surface area contributed by atoms with Crippen LogP contribution in [0.3, 0.4) is 0 Å². The van der Waals surface area contributed by atoms with Gasteiger partial charge in [-0.05, 0) is 11.3 Å². The summed E-state index contributed by atoms with van der Waals surface area (Å²) in [6.07, 6.45) is 0.0667. The number of carboxylic acid groups (broad SMARTS) is 1. The largest absolute Gasteiger partial charge is 0.481 e. The minimum atomic E-state index is -0.834. The lowest BCUT2D eigenvalue weighted by atomic mass is 9.79. The van der Waals surface area contributed by atoms with Gasteiger partial charge in [-0.15, -0.1) is 0 Å². The predicted octanol–water partition coefficient (Wildman–Crippen LogP) is 1.39. The van der Waals surface area contributed by atoms with Crippen LogP contribution in [0.2, 0.25) is 0 Å². The van der Waals surface area contributed by atoms with Gasteiger partial charge in [0.1, 0.15) is 0 Å². The molecule has 1 atom stereocenters. The van der Waals surface area contributed by atoms with Gasteiger partial charge in [-0.25, -0.2) is 4.79 Å². The average Bonchev–Trinajstić information content (AvgIpc) is 2.08. The summed E-state index contributed by atoms with van der Waals surface area (Å²) >= 11 is 0. The molecule has 0 saturated heterocycles. The van der Waals surface area contributed by atoms with Crippen molar-refractivity contribution >= 4 is 12.0 Å². The van der Waals surface area contributed by atoms with E-state index in [1.807, 2.05) is 20.8 Å². The number of nitrogens with one attached hydrogen (secondary N) is 1. The zero-order chi connectivity index (χ0) is 12.9. The number of nitrogens with zero attached hydrogens (tertiary/aromatic N) is 1. The quantitative estimate of drug-likeness (QED) is 0.767. The Hall–Kier alpha value is -1.26. The molecule has 0 saturated carbocycles. The van der Waals surface area contributed by atoms with E-state index in [4.69, 9.17) is 5.11 Å². The highest BCUT2D eigenvalue weighted by Crippen LogP contribution is 2.28. The summed E-state index contributed by atoms with van der Waals surface area (Å²) in [6, 6.07) is -0.195. The number of amides is 2. The van der Waals surface area contributed by atoms with Crippen LogP contribution in [-0.4, -0.2) is 42.6 Å². The first-order valence-corrected chi connectivity index (χ1v) is 5.31. The first kappa shape index (κ1) is 14.7. The topological polar surface area (TPSA) is 69.6 Å². The highest BCUT2D eigenvalue weighted by atomic mass is 16.4. The lowest BCUT2D eigenvalue weighted by Gasteiger charge is -2.30. The van der Waals surface area contributed by atoms with Gasteiger partial charge in [0.15, 0.2) is 0 Å². The van der Waals surface area contributed by atoms with Crippen molar-refractivity contribution in [3.63, 3.8) is 0 Å². The Morgan fingerprint density at radius 2 is 1.81 bits per heavy atom. The molecule has 0 aliphatic carbocycles. The van der Waals surface area contributed by atoms with E-state index in [2.05, 4.69) is 5.32 Å². The zero-order valence-corrected chi connectivity index (χ0v) is 10.7. The molecule has 16 heavy (non-hydrogen) atoms. The number of carboxylic acids is 1. The van der Waals surface area contributed by atoms with E-state index in [0.717, 1.165) is 0 Å². The maximum absolute atomic E-state index is 11.3. The second kappa shape index (κ2) is 5.72. The lowest BCUT2D eigenvalue weighted by molar-refractivity contribution is -0.139. The Labute approximate surface area is 96.8 Å². The molecule has 94 valence electrons. The standard InChI is InChI=1S/C11H22N2O3/c1-11(2,3)8(6-9(14)15)7-12-10(16)13(4)5/h8H,6-7H2,1-5H3,(H,12,16)(H,14,15).